The van der Waals surface area contributed by atoms with E-state index in [-0.39, 0.29) is 29.8 Å². The highest BCUT2D eigenvalue weighted by atomic mass is 35.5. The Balaban J connectivity index is 1.82. The molecule has 0 aliphatic carbocycles. The minimum Gasteiger partial charge on any atom is -0.497 e. The number of sulfonamides is 1. The number of hydrogen-bond acceptors (Lipinski definition) is 5. The molecule has 1 unspecified atom stereocenters. The number of carbonyl (C=O) groups excluding carboxylic acids is 2. The summed E-state index contributed by atoms with van der Waals surface area (Å²) in [5, 5.41) is 3.34. The van der Waals surface area contributed by atoms with Gasteiger partial charge in [-0.15, -0.1) is 0 Å². The van der Waals surface area contributed by atoms with Crippen molar-refractivity contribution in [3.63, 3.8) is 0 Å². The Morgan fingerprint density at radius 1 is 0.867 bits per heavy atom. The summed E-state index contributed by atoms with van der Waals surface area (Å²) >= 11 is 6.05. The monoisotopic (exact) mass is 647 g/mol. The van der Waals surface area contributed by atoms with Gasteiger partial charge in [-0.05, 0) is 86.0 Å². The third kappa shape index (κ3) is 8.86. The molecule has 0 radical (unpaired) electrons. The molecule has 0 aromatic heterocycles. The SMILES string of the molecule is COc1cccc(CN(C(=O)CN(c2cccc(C)c2)S(=O)(=O)c2ccc(Cl)cc2)C(Cc2ccccc2)C(=O)NC(C)C)c1. The third-order valence-electron chi connectivity index (χ3n) is 7.16. The summed E-state index contributed by atoms with van der Waals surface area (Å²) in [6.07, 6.45) is 0.226. The lowest BCUT2D eigenvalue weighted by atomic mass is 10.0. The van der Waals surface area contributed by atoms with Crippen molar-refractivity contribution < 1.29 is 22.7 Å². The molecule has 0 spiro atoms. The number of halogens is 1. The van der Waals surface area contributed by atoms with Gasteiger partial charge in [-0.3, -0.25) is 13.9 Å². The molecule has 0 fully saturated rings. The zero-order valence-electron chi connectivity index (χ0n) is 25.8. The van der Waals surface area contributed by atoms with Crippen LogP contribution in [0.2, 0.25) is 5.02 Å². The molecule has 4 aromatic rings. The number of aryl methyl sites for hydroxylation is 1. The van der Waals surface area contributed by atoms with Gasteiger partial charge in [0.1, 0.15) is 18.3 Å². The highest BCUT2D eigenvalue weighted by Crippen LogP contribution is 2.27. The van der Waals surface area contributed by atoms with Gasteiger partial charge in [-0.2, -0.15) is 0 Å². The van der Waals surface area contributed by atoms with Crippen LogP contribution in [0, 0.1) is 6.92 Å². The van der Waals surface area contributed by atoms with Crippen molar-refractivity contribution in [3.8, 4) is 5.75 Å². The first kappa shape index (κ1) is 33.6. The van der Waals surface area contributed by atoms with Crippen LogP contribution >= 0.6 is 11.6 Å². The topological polar surface area (TPSA) is 96.0 Å². The first-order valence-electron chi connectivity index (χ1n) is 14.6. The Kier molecular flexibility index (Phi) is 11.3. The summed E-state index contributed by atoms with van der Waals surface area (Å²) in [5.74, 6) is -0.290. The van der Waals surface area contributed by atoms with Gasteiger partial charge < -0.3 is 15.0 Å². The quantitative estimate of drug-likeness (QED) is 0.192. The van der Waals surface area contributed by atoms with E-state index in [0.29, 0.717) is 16.5 Å². The molecule has 0 bridgehead atoms. The second kappa shape index (κ2) is 15.1. The lowest BCUT2D eigenvalue weighted by Crippen LogP contribution is -2.54. The number of ether oxygens (including phenoxy) is 1. The van der Waals surface area contributed by atoms with Crippen molar-refractivity contribution in [3.05, 3.63) is 125 Å². The minimum absolute atomic E-state index is 0.0149. The van der Waals surface area contributed by atoms with E-state index in [4.69, 9.17) is 16.3 Å². The highest BCUT2D eigenvalue weighted by molar-refractivity contribution is 7.92. The van der Waals surface area contributed by atoms with E-state index >= 15 is 0 Å². The van der Waals surface area contributed by atoms with Gasteiger partial charge >= 0.3 is 0 Å². The number of amides is 2. The zero-order valence-corrected chi connectivity index (χ0v) is 27.4. The predicted molar refractivity (Wildman–Crippen MR) is 178 cm³/mol. The normalized spacial score (nSPS) is 12.0. The number of methoxy groups -OCH3 is 1. The lowest BCUT2D eigenvalue weighted by Gasteiger charge is -2.34. The fraction of sp³-hybridized carbons (Fsp3) is 0.257. The largest absolute Gasteiger partial charge is 0.497 e. The molecule has 8 nitrogen and oxygen atoms in total. The highest BCUT2D eigenvalue weighted by Gasteiger charge is 2.35. The molecule has 0 saturated carbocycles. The number of carbonyl (C=O) groups is 2. The number of anilines is 1. The molecule has 4 aromatic carbocycles. The summed E-state index contributed by atoms with van der Waals surface area (Å²) in [7, 11) is -2.66. The van der Waals surface area contributed by atoms with Crippen molar-refractivity contribution in [2.75, 3.05) is 18.0 Å². The fourth-order valence-corrected chi connectivity index (χ4v) is 6.48. The average Bonchev–Trinajstić information content (AvgIpc) is 3.01. The number of rotatable bonds is 13. The first-order valence-corrected chi connectivity index (χ1v) is 16.4. The van der Waals surface area contributed by atoms with Crippen LogP contribution < -0.4 is 14.4 Å². The maximum Gasteiger partial charge on any atom is 0.264 e. The van der Waals surface area contributed by atoms with Crippen molar-refractivity contribution in [1.29, 1.82) is 0 Å². The van der Waals surface area contributed by atoms with Crippen molar-refractivity contribution in [1.82, 2.24) is 10.2 Å². The van der Waals surface area contributed by atoms with Gasteiger partial charge in [0.25, 0.3) is 10.0 Å². The second-order valence-electron chi connectivity index (χ2n) is 11.0. The summed E-state index contributed by atoms with van der Waals surface area (Å²) in [6, 6.07) is 28.3. The maximum atomic E-state index is 14.5. The molecule has 4 rings (SSSR count). The maximum absolute atomic E-state index is 14.5. The summed E-state index contributed by atoms with van der Waals surface area (Å²) in [5.41, 5.74) is 2.73. The van der Waals surface area contributed by atoms with Crippen LogP contribution in [0.5, 0.6) is 5.75 Å². The summed E-state index contributed by atoms with van der Waals surface area (Å²) < 4.78 is 34.7. The molecular weight excluding hydrogens is 610 g/mol. The Hall–Kier alpha value is -4.34. The van der Waals surface area contributed by atoms with Gasteiger partial charge in [0.2, 0.25) is 11.8 Å². The lowest BCUT2D eigenvalue weighted by molar-refractivity contribution is -0.140. The Bertz CT molecular complexity index is 1710. The van der Waals surface area contributed by atoms with Gasteiger partial charge in [-0.1, -0.05) is 66.2 Å². The molecule has 1 N–H and O–H groups in total. The van der Waals surface area contributed by atoms with Gasteiger partial charge in [0.15, 0.2) is 0 Å². The number of nitrogens with zero attached hydrogens (tertiary/aromatic N) is 2. The molecule has 2 amide bonds. The molecule has 10 heteroatoms. The van der Waals surface area contributed by atoms with E-state index in [0.717, 1.165) is 21.0 Å². The van der Waals surface area contributed by atoms with Crippen LogP contribution in [-0.2, 0) is 32.6 Å². The molecule has 1 atom stereocenters. The molecule has 0 saturated heterocycles. The van der Waals surface area contributed by atoms with Crippen molar-refractivity contribution >= 4 is 39.1 Å². The van der Waals surface area contributed by atoms with E-state index < -0.39 is 28.5 Å². The zero-order chi connectivity index (χ0) is 32.6. The van der Waals surface area contributed by atoms with Crippen molar-refractivity contribution in [2.24, 2.45) is 0 Å². The Morgan fingerprint density at radius 2 is 1.53 bits per heavy atom. The fourth-order valence-electron chi connectivity index (χ4n) is 4.95. The van der Waals surface area contributed by atoms with Gasteiger partial charge in [0.05, 0.1) is 17.7 Å². The molecule has 45 heavy (non-hydrogen) atoms. The Morgan fingerprint density at radius 3 is 2.18 bits per heavy atom. The van der Waals surface area contributed by atoms with Crippen LogP contribution in [-0.4, -0.2) is 50.9 Å². The van der Waals surface area contributed by atoms with Gasteiger partial charge in [-0.25, -0.2) is 8.42 Å². The third-order valence-corrected chi connectivity index (χ3v) is 9.20. The molecule has 0 aliphatic heterocycles. The van der Waals surface area contributed by atoms with E-state index in [9.17, 15) is 18.0 Å². The van der Waals surface area contributed by atoms with E-state index in [2.05, 4.69) is 5.32 Å². The number of benzene rings is 4. The number of nitrogens with one attached hydrogen (secondary N) is 1. The van der Waals surface area contributed by atoms with Crippen LogP contribution in [0.3, 0.4) is 0 Å². The van der Waals surface area contributed by atoms with Crippen LogP contribution in [0.1, 0.15) is 30.5 Å². The minimum atomic E-state index is -4.22. The van der Waals surface area contributed by atoms with Gasteiger partial charge in [0, 0.05) is 24.0 Å². The molecule has 0 aliphatic rings. The molecule has 0 heterocycles. The van der Waals surface area contributed by atoms with Crippen molar-refractivity contribution in [2.45, 2.75) is 50.7 Å². The predicted octanol–water partition coefficient (Wildman–Crippen LogP) is 6.02. The number of hydrogen-bond donors (Lipinski definition) is 1. The second-order valence-corrected chi connectivity index (χ2v) is 13.3. The van der Waals surface area contributed by atoms with E-state index in [1.165, 1.54) is 29.2 Å². The van der Waals surface area contributed by atoms with E-state index in [1.807, 2.05) is 63.2 Å². The molecule has 236 valence electrons. The summed E-state index contributed by atoms with van der Waals surface area (Å²) in [6.45, 7) is 5.05. The van der Waals surface area contributed by atoms with Crippen LogP contribution in [0.25, 0.3) is 0 Å². The van der Waals surface area contributed by atoms with Crippen LogP contribution in [0.15, 0.2) is 108 Å². The smallest absolute Gasteiger partial charge is 0.264 e. The first-order chi connectivity index (χ1) is 21.5. The standard InChI is InChI=1S/C35H38ClN3O5S/c1-25(2)37-35(41)33(22-27-11-6-5-7-12-27)38(23-28-13-9-15-31(21-28)44-4)34(40)24-39(30-14-8-10-26(3)20-30)45(42,43)32-18-16-29(36)17-19-32/h5-21,25,33H,22-24H2,1-4H3,(H,37,41). The Labute approximate surface area is 270 Å². The van der Waals surface area contributed by atoms with Crippen LogP contribution in [0.4, 0.5) is 5.69 Å². The van der Waals surface area contributed by atoms with E-state index in [1.54, 1.807) is 43.5 Å². The average molecular weight is 648 g/mol. The molecular formula is C35H38ClN3O5S. The summed E-state index contributed by atoms with van der Waals surface area (Å²) in [4.78, 5) is 29.7.